The lowest BCUT2D eigenvalue weighted by molar-refractivity contribution is 0.668. The highest BCUT2D eigenvalue weighted by atomic mass is 16.3. The number of hydrogen-bond donors (Lipinski definition) is 0. The van der Waals surface area contributed by atoms with Crippen molar-refractivity contribution in [3.8, 4) is 22.3 Å². The SMILES string of the molecule is Cc1cccc(N(c2cc3oc4cc(N(c5cccc(C)c5)c5cccc6c5oc5c(-c7ccccc7C)cccc56)c5ccccc5c4c3c3ccccc23)c2cccc3c2oc2c(-c4ccccc4C)cccc23)c1. The maximum atomic E-state index is 7.36. The van der Waals surface area contributed by atoms with Crippen molar-refractivity contribution in [3.63, 3.8) is 0 Å². The Bertz CT molecular complexity index is 4590. The van der Waals surface area contributed by atoms with Crippen LogP contribution in [0.1, 0.15) is 22.3 Å². The summed E-state index contributed by atoms with van der Waals surface area (Å²) in [6.07, 6.45) is 0. The van der Waals surface area contributed by atoms with Crippen molar-refractivity contribution in [1.29, 1.82) is 0 Å². The van der Waals surface area contributed by atoms with E-state index in [0.717, 1.165) is 155 Å². The van der Waals surface area contributed by atoms with Crippen LogP contribution < -0.4 is 9.80 Å². The van der Waals surface area contributed by atoms with Crippen molar-refractivity contribution in [2.45, 2.75) is 27.7 Å². The van der Waals surface area contributed by atoms with Gasteiger partial charge in [0, 0.05) is 77.7 Å². The average molecular weight is 991 g/mol. The smallest absolute Gasteiger partial charge is 0.159 e. The molecule has 0 unspecified atom stereocenters. The molecule has 0 N–H and O–H groups in total. The molecular weight excluding hydrogens is 941 g/mol. The summed E-state index contributed by atoms with van der Waals surface area (Å²) in [7, 11) is 0. The van der Waals surface area contributed by atoms with E-state index < -0.39 is 0 Å². The van der Waals surface area contributed by atoms with E-state index in [1.165, 1.54) is 11.1 Å². The lowest BCUT2D eigenvalue weighted by Crippen LogP contribution is -2.11. The normalized spacial score (nSPS) is 11.9. The van der Waals surface area contributed by atoms with Gasteiger partial charge in [-0.1, -0.05) is 182 Å². The zero-order valence-electron chi connectivity index (χ0n) is 43.1. The second-order valence-electron chi connectivity index (χ2n) is 20.6. The number of fused-ring (bicyclic) bond motifs is 13. The second kappa shape index (κ2) is 17.4. The minimum absolute atomic E-state index is 0.789. The van der Waals surface area contributed by atoms with Crippen molar-refractivity contribution in [2.24, 2.45) is 0 Å². The molecule has 77 heavy (non-hydrogen) atoms. The van der Waals surface area contributed by atoms with Crippen molar-refractivity contribution in [3.05, 3.63) is 253 Å². The number of furan rings is 3. The van der Waals surface area contributed by atoms with E-state index in [1.54, 1.807) is 0 Å². The van der Waals surface area contributed by atoms with Gasteiger partial charge in [-0.3, -0.25) is 0 Å². The Labute approximate surface area is 445 Å². The molecule has 0 aliphatic carbocycles. The largest absolute Gasteiger partial charge is 0.456 e. The Morgan fingerprint density at radius 2 is 0.610 bits per heavy atom. The summed E-state index contributed by atoms with van der Waals surface area (Å²) in [5.41, 5.74) is 20.0. The Kier molecular flexibility index (Phi) is 10.1. The number of nitrogens with zero attached hydrogens (tertiary/aromatic N) is 2. The van der Waals surface area contributed by atoms with Crippen LogP contribution in [0, 0.1) is 27.7 Å². The molecule has 0 aliphatic heterocycles. The van der Waals surface area contributed by atoms with Gasteiger partial charge in [0.05, 0.1) is 22.7 Å². The third-order valence-electron chi connectivity index (χ3n) is 15.8. The van der Waals surface area contributed by atoms with E-state index in [0.29, 0.717) is 0 Å². The first-order valence-corrected chi connectivity index (χ1v) is 26.4. The highest BCUT2D eigenvalue weighted by Crippen LogP contribution is 2.52. The molecule has 0 bridgehead atoms. The molecule has 0 saturated heterocycles. The minimum atomic E-state index is 0.789. The predicted octanol–water partition coefficient (Wildman–Crippen LogP) is 21.2. The molecule has 12 aromatic carbocycles. The minimum Gasteiger partial charge on any atom is -0.456 e. The van der Waals surface area contributed by atoms with Gasteiger partial charge in [-0.15, -0.1) is 0 Å². The van der Waals surface area contributed by atoms with E-state index in [2.05, 4.69) is 268 Å². The third kappa shape index (κ3) is 6.94. The average Bonchev–Trinajstić information content (AvgIpc) is 4.34. The zero-order chi connectivity index (χ0) is 51.5. The number of para-hydroxylation sites is 4. The molecule has 0 aliphatic rings. The van der Waals surface area contributed by atoms with Crippen LogP contribution in [-0.4, -0.2) is 0 Å². The Morgan fingerprint density at radius 3 is 1.04 bits per heavy atom. The van der Waals surface area contributed by atoms with Crippen molar-refractivity contribution < 1.29 is 13.3 Å². The maximum Gasteiger partial charge on any atom is 0.159 e. The maximum absolute atomic E-state index is 7.36. The van der Waals surface area contributed by atoms with E-state index in [9.17, 15) is 0 Å². The molecule has 366 valence electrons. The van der Waals surface area contributed by atoms with Gasteiger partial charge >= 0.3 is 0 Å². The molecule has 0 atom stereocenters. The standard InChI is InChI=1S/C72H50N2O3/c1-43-19-13-23-47(39-43)73(61-37-17-35-59-57-33-15-31-55(69(57)76-71(59)61)49-25-7-5-21-45(49)3)63-41-65-67(53-29-11-9-27-51(53)63)68-54-30-12-10-28-52(54)64(42-66(68)75-65)74(48-24-14-20-44(2)40-48)62-38-18-36-60-58-34-16-32-56(70(58)77-72(60)62)50-26-8-6-22-46(50)4/h5-42H,1-4H3. The first-order chi connectivity index (χ1) is 37.9. The van der Waals surface area contributed by atoms with Crippen molar-refractivity contribution in [1.82, 2.24) is 0 Å². The summed E-state index contributed by atoms with van der Waals surface area (Å²) in [5.74, 6) is 0. The Hall–Kier alpha value is -9.84. The number of aryl methyl sites for hydroxylation is 4. The molecule has 0 amide bonds. The van der Waals surface area contributed by atoms with Gasteiger partial charge in [-0.2, -0.15) is 0 Å². The summed E-state index contributed by atoms with van der Waals surface area (Å²) in [6, 6.07) is 82.6. The monoisotopic (exact) mass is 990 g/mol. The fraction of sp³-hybridized carbons (Fsp3) is 0.0556. The van der Waals surface area contributed by atoms with E-state index >= 15 is 0 Å². The second-order valence-corrected chi connectivity index (χ2v) is 20.6. The summed E-state index contributed by atoms with van der Waals surface area (Å²) in [4.78, 5) is 4.73. The molecule has 3 heterocycles. The highest BCUT2D eigenvalue weighted by molar-refractivity contribution is 6.31. The van der Waals surface area contributed by atoms with Crippen molar-refractivity contribution >= 4 is 121 Å². The number of anilines is 6. The van der Waals surface area contributed by atoms with Gasteiger partial charge in [-0.25, -0.2) is 0 Å². The summed E-state index contributed by atoms with van der Waals surface area (Å²) < 4.78 is 21.7. The summed E-state index contributed by atoms with van der Waals surface area (Å²) in [5, 5.41) is 10.8. The molecule has 5 heteroatoms. The lowest BCUT2D eigenvalue weighted by Gasteiger charge is -2.27. The number of benzene rings is 12. The van der Waals surface area contributed by atoms with Gasteiger partial charge in [0.1, 0.15) is 22.3 Å². The quantitative estimate of drug-likeness (QED) is 0.152. The van der Waals surface area contributed by atoms with Gasteiger partial charge in [0.2, 0.25) is 0 Å². The van der Waals surface area contributed by atoms with Crippen LogP contribution in [0.25, 0.3) is 110 Å². The molecule has 15 aromatic rings. The van der Waals surface area contributed by atoms with Gasteiger partial charge in [0.15, 0.2) is 11.2 Å². The van der Waals surface area contributed by atoms with Crippen molar-refractivity contribution in [2.75, 3.05) is 9.80 Å². The fourth-order valence-electron chi connectivity index (χ4n) is 12.3. The predicted molar refractivity (Wildman–Crippen MR) is 322 cm³/mol. The van der Waals surface area contributed by atoms with Gasteiger partial charge < -0.3 is 23.1 Å². The van der Waals surface area contributed by atoms with Crippen LogP contribution in [0.4, 0.5) is 34.1 Å². The molecular formula is C72H50N2O3. The summed E-state index contributed by atoms with van der Waals surface area (Å²) in [6.45, 7) is 8.63. The first kappa shape index (κ1) is 44.6. The topological polar surface area (TPSA) is 45.9 Å². The molecule has 0 spiro atoms. The van der Waals surface area contributed by atoms with Crippen LogP contribution in [-0.2, 0) is 0 Å². The highest BCUT2D eigenvalue weighted by Gasteiger charge is 2.28. The molecule has 0 fully saturated rings. The molecule has 5 nitrogen and oxygen atoms in total. The van der Waals surface area contributed by atoms with Crippen LogP contribution >= 0.6 is 0 Å². The Balaban J connectivity index is 0.986. The van der Waals surface area contributed by atoms with E-state index in [1.807, 2.05) is 0 Å². The molecule has 0 saturated carbocycles. The van der Waals surface area contributed by atoms with Gasteiger partial charge in [0.25, 0.3) is 0 Å². The van der Waals surface area contributed by atoms with Gasteiger partial charge in [-0.05, 0) is 108 Å². The van der Waals surface area contributed by atoms with Crippen LogP contribution in [0.3, 0.4) is 0 Å². The fourth-order valence-corrected chi connectivity index (χ4v) is 12.3. The first-order valence-electron chi connectivity index (χ1n) is 26.4. The number of hydrogen-bond acceptors (Lipinski definition) is 5. The Morgan fingerprint density at radius 1 is 0.260 bits per heavy atom. The number of rotatable bonds is 8. The lowest BCUT2D eigenvalue weighted by atomic mass is 9.96. The van der Waals surface area contributed by atoms with Crippen LogP contribution in [0.15, 0.2) is 244 Å². The van der Waals surface area contributed by atoms with Crippen LogP contribution in [0.2, 0.25) is 0 Å². The molecule has 3 aromatic heterocycles. The summed E-state index contributed by atoms with van der Waals surface area (Å²) >= 11 is 0. The van der Waals surface area contributed by atoms with E-state index in [4.69, 9.17) is 13.3 Å². The van der Waals surface area contributed by atoms with E-state index in [-0.39, 0.29) is 0 Å². The van der Waals surface area contributed by atoms with Crippen LogP contribution in [0.5, 0.6) is 0 Å². The molecule has 15 rings (SSSR count). The zero-order valence-corrected chi connectivity index (χ0v) is 43.1. The third-order valence-corrected chi connectivity index (χ3v) is 15.8. The molecule has 0 radical (unpaired) electrons.